The minimum absolute atomic E-state index is 0.597. The van der Waals surface area contributed by atoms with Gasteiger partial charge in [-0.1, -0.05) is 6.07 Å². The van der Waals surface area contributed by atoms with Gasteiger partial charge in [0.05, 0.1) is 14.2 Å². The predicted molar refractivity (Wildman–Crippen MR) is 73.7 cm³/mol. The van der Waals surface area contributed by atoms with E-state index < -0.39 is 0 Å². The fourth-order valence-corrected chi connectivity index (χ4v) is 2.84. The summed E-state index contributed by atoms with van der Waals surface area (Å²) in [4.78, 5) is 0. The van der Waals surface area contributed by atoms with Gasteiger partial charge in [0.25, 0.3) is 0 Å². The molecule has 3 heteroatoms. The van der Waals surface area contributed by atoms with Gasteiger partial charge in [0.1, 0.15) is 11.5 Å². The van der Waals surface area contributed by atoms with Crippen molar-refractivity contribution < 1.29 is 9.47 Å². The topological polar surface area (TPSA) is 30.5 Å². The van der Waals surface area contributed by atoms with Crippen LogP contribution in [0, 0.1) is 6.92 Å². The number of nitrogens with one attached hydrogen (secondary N) is 1. The molecular weight excluding hydrogens is 226 g/mol. The molecule has 1 fully saturated rings. The summed E-state index contributed by atoms with van der Waals surface area (Å²) in [5, 5.41) is 3.46. The second kappa shape index (κ2) is 6.10. The molecule has 18 heavy (non-hydrogen) atoms. The van der Waals surface area contributed by atoms with Crippen molar-refractivity contribution >= 4 is 0 Å². The van der Waals surface area contributed by atoms with Crippen LogP contribution in [0.5, 0.6) is 11.5 Å². The first-order chi connectivity index (χ1) is 8.77. The third-order valence-corrected chi connectivity index (χ3v) is 3.83. The van der Waals surface area contributed by atoms with E-state index in [1.165, 1.54) is 24.8 Å². The largest absolute Gasteiger partial charge is 0.496 e. The molecule has 2 rings (SSSR count). The Kier molecular flexibility index (Phi) is 4.48. The van der Waals surface area contributed by atoms with Gasteiger partial charge in [-0.15, -0.1) is 0 Å². The van der Waals surface area contributed by atoms with Crippen LogP contribution in [0.1, 0.15) is 36.3 Å². The molecule has 0 amide bonds. The first-order valence-corrected chi connectivity index (χ1v) is 6.70. The van der Waals surface area contributed by atoms with Crippen molar-refractivity contribution in [2.24, 2.45) is 0 Å². The van der Waals surface area contributed by atoms with E-state index in [1.807, 2.05) is 0 Å². The number of ether oxygens (including phenoxy) is 2. The molecule has 100 valence electrons. The monoisotopic (exact) mass is 249 g/mol. The molecule has 0 bridgehead atoms. The van der Waals surface area contributed by atoms with Gasteiger partial charge in [-0.05, 0) is 56.8 Å². The number of methoxy groups -OCH3 is 2. The number of hydrogen-bond acceptors (Lipinski definition) is 3. The first kappa shape index (κ1) is 13.2. The quantitative estimate of drug-likeness (QED) is 0.893. The standard InChI is InChI=1S/C15H23NO2/c1-11-14(17-2)7-6-13(15(11)18-3)12-5-4-9-16-10-8-12/h6-7,12,16H,4-5,8-10H2,1-3H3. The van der Waals surface area contributed by atoms with E-state index in [-0.39, 0.29) is 0 Å². The third-order valence-electron chi connectivity index (χ3n) is 3.83. The van der Waals surface area contributed by atoms with Crippen molar-refractivity contribution in [3.63, 3.8) is 0 Å². The Morgan fingerprint density at radius 3 is 2.67 bits per heavy atom. The maximum atomic E-state index is 5.61. The number of hydrogen-bond donors (Lipinski definition) is 1. The Hall–Kier alpha value is -1.22. The maximum Gasteiger partial charge on any atom is 0.128 e. The van der Waals surface area contributed by atoms with Crippen molar-refractivity contribution in [1.82, 2.24) is 5.32 Å². The summed E-state index contributed by atoms with van der Waals surface area (Å²) in [5.74, 6) is 2.50. The van der Waals surface area contributed by atoms with Crippen LogP contribution < -0.4 is 14.8 Å². The Bertz CT molecular complexity index is 396. The molecule has 1 aliphatic rings. The highest BCUT2D eigenvalue weighted by atomic mass is 16.5. The molecule has 0 saturated carbocycles. The van der Waals surface area contributed by atoms with Gasteiger partial charge in [-0.2, -0.15) is 0 Å². The molecule has 0 radical (unpaired) electrons. The average molecular weight is 249 g/mol. The Morgan fingerprint density at radius 2 is 1.94 bits per heavy atom. The Labute approximate surface area is 109 Å². The van der Waals surface area contributed by atoms with E-state index in [0.29, 0.717) is 5.92 Å². The lowest BCUT2D eigenvalue weighted by atomic mass is 9.90. The summed E-state index contributed by atoms with van der Waals surface area (Å²) in [7, 11) is 3.46. The van der Waals surface area contributed by atoms with Gasteiger partial charge in [-0.3, -0.25) is 0 Å². The molecule has 0 aliphatic carbocycles. The van der Waals surface area contributed by atoms with Crippen LogP contribution >= 0.6 is 0 Å². The summed E-state index contributed by atoms with van der Waals surface area (Å²) in [6.07, 6.45) is 3.65. The van der Waals surface area contributed by atoms with Crippen LogP contribution in [0.3, 0.4) is 0 Å². The first-order valence-electron chi connectivity index (χ1n) is 6.70. The number of benzene rings is 1. The Morgan fingerprint density at radius 1 is 1.11 bits per heavy atom. The highest BCUT2D eigenvalue weighted by Gasteiger charge is 2.20. The van der Waals surface area contributed by atoms with Crippen LogP contribution in [-0.2, 0) is 0 Å². The summed E-state index contributed by atoms with van der Waals surface area (Å²) in [6.45, 7) is 4.29. The molecule has 1 saturated heterocycles. The summed E-state index contributed by atoms with van der Waals surface area (Å²) in [5.41, 5.74) is 2.44. The fraction of sp³-hybridized carbons (Fsp3) is 0.600. The summed E-state index contributed by atoms with van der Waals surface area (Å²) in [6, 6.07) is 4.23. The van der Waals surface area contributed by atoms with Gasteiger partial charge in [0, 0.05) is 5.56 Å². The van der Waals surface area contributed by atoms with Gasteiger partial charge in [0.15, 0.2) is 0 Å². The second-order valence-corrected chi connectivity index (χ2v) is 4.89. The average Bonchev–Trinajstić information content (AvgIpc) is 2.67. The van der Waals surface area contributed by atoms with E-state index in [0.717, 1.165) is 30.2 Å². The maximum absolute atomic E-state index is 5.61. The van der Waals surface area contributed by atoms with E-state index in [2.05, 4.69) is 24.4 Å². The zero-order valence-electron chi connectivity index (χ0n) is 11.6. The van der Waals surface area contributed by atoms with Gasteiger partial charge < -0.3 is 14.8 Å². The summed E-state index contributed by atoms with van der Waals surface area (Å²) < 4.78 is 11.0. The minimum Gasteiger partial charge on any atom is -0.496 e. The van der Waals surface area contributed by atoms with Crippen molar-refractivity contribution in [2.45, 2.75) is 32.1 Å². The normalized spacial score (nSPS) is 20.3. The molecule has 0 aromatic heterocycles. The van der Waals surface area contributed by atoms with E-state index in [4.69, 9.17) is 9.47 Å². The Balaban J connectivity index is 2.34. The van der Waals surface area contributed by atoms with E-state index in [1.54, 1.807) is 14.2 Å². The fourth-order valence-electron chi connectivity index (χ4n) is 2.84. The van der Waals surface area contributed by atoms with Gasteiger partial charge in [-0.25, -0.2) is 0 Å². The van der Waals surface area contributed by atoms with Crippen molar-refractivity contribution in [3.05, 3.63) is 23.3 Å². The molecule has 1 atom stereocenters. The third kappa shape index (κ3) is 2.61. The van der Waals surface area contributed by atoms with Crippen LogP contribution in [0.15, 0.2) is 12.1 Å². The van der Waals surface area contributed by atoms with Gasteiger partial charge in [0.2, 0.25) is 0 Å². The van der Waals surface area contributed by atoms with Crippen LogP contribution in [-0.4, -0.2) is 27.3 Å². The zero-order chi connectivity index (χ0) is 13.0. The van der Waals surface area contributed by atoms with Crippen molar-refractivity contribution in [2.75, 3.05) is 27.3 Å². The molecule has 3 nitrogen and oxygen atoms in total. The molecule has 0 spiro atoms. The predicted octanol–water partition coefficient (Wildman–Crippen LogP) is 2.87. The van der Waals surface area contributed by atoms with E-state index >= 15 is 0 Å². The van der Waals surface area contributed by atoms with E-state index in [9.17, 15) is 0 Å². The molecular formula is C15H23NO2. The second-order valence-electron chi connectivity index (χ2n) is 4.89. The van der Waals surface area contributed by atoms with Crippen LogP contribution in [0.2, 0.25) is 0 Å². The SMILES string of the molecule is COc1ccc(C2CCCNCC2)c(OC)c1C. The highest BCUT2D eigenvalue weighted by molar-refractivity contribution is 5.50. The lowest BCUT2D eigenvalue weighted by Crippen LogP contribution is -2.14. The highest BCUT2D eigenvalue weighted by Crippen LogP contribution is 2.38. The molecule has 1 N–H and O–H groups in total. The van der Waals surface area contributed by atoms with Crippen LogP contribution in [0.25, 0.3) is 0 Å². The minimum atomic E-state index is 0.597. The zero-order valence-corrected chi connectivity index (χ0v) is 11.6. The van der Waals surface area contributed by atoms with Crippen LogP contribution in [0.4, 0.5) is 0 Å². The number of rotatable bonds is 3. The molecule has 1 unspecified atom stereocenters. The molecule has 1 heterocycles. The molecule has 1 aromatic rings. The van der Waals surface area contributed by atoms with Crippen molar-refractivity contribution in [1.29, 1.82) is 0 Å². The lowest BCUT2D eigenvalue weighted by molar-refractivity contribution is 0.381. The lowest BCUT2D eigenvalue weighted by Gasteiger charge is -2.20. The smallest absolute Gasteiger partial charge is 0.128 e. The summed E-state index contributed by atoms with van der Waals surface area (Å²) >= 11 is 0. The molecule has 1 aliphatic heterocycles. The molecule has 1 aromatic carbocycles. The van der Waals surface area contributed by atoms with Gasteiger partial charge >= 0.3 is 0 Å². The van der Waals surface area contributed by atoms with Crippen molar-refractivity contribution in [3.8, 4) is 11.5 Å².